The van der Waals surface area contributed by atoms with E-state index in [-0.39, 0.29) is 6.23 Å². The second-order valence-electron chi connectivity index (χ2n) is 4.98. The quantitative estimate of drug-likeness (QED) is 0.693. The van der Waals surface area contributed by atoms with Gasteiger partial charge in [-0.25, -0.2) is 9.97 Å². The van der Waals surface area contributed by atoms with Crippen LogP contribution in [0.5, 0.6) is 5.75 Å². The van der Waals surface area contributed by atoms with Crippen LogP contribution >= 0.6 is 11.8 Å². The van der Waals surface area contributed by atoms with Crippen LogP contribution in [0.1, 0.15) is 25.6 Å². The zero-order valence-corrected chi connectivity index (χ0v) is 12.6. The number of fused-ring (bicyclic) bond motifs is 3. The second-order valence-corrected chi connectivity index (χ2v) is 5.75. The second kappa shape index (κ2) is 5.42. The first-order chi connectivity index (χ1) is 9.69. The van der Waals surface area contributed by atoms with E-state index >= 15 is 0 Å². The van der Waals surface area contributed by atoms with E-state index in [2.05, 4.69) is 29.1 Å². The Balaban J connectivity index is 2.13. The van der Waals surface area contributed by atoms with Crippen molar-refractivity contribution in [2.75, 3.05) is 6.26 Å². The number of ether oxygens (including phenoxy) is 1. The van der Waals surface area contributed by atoms with E-state index in [1.165, 1.54) is 0 Å². The number of nitrogens with one attached hydrogen (secondary N) is 1. The minimum Gasteiger partial charge on any atom is -0.470 e. The number of rotatable bonds is 3. The summed E-state index contributed by atoms with van der Waals surface area (Å²) in [5.74, 6) is 0.865. The van der Waals surface area contributed by atoms with E-state index in [0.29, 0.717) is 6.04 Å². The van der Waals surface area contributed by atoms with E-state index < -0.39 is 0 Å². The Morgan fingerprint density at radius 2 is 2.10 bits per heavy atom. The van der Waals surface area contributed by atoms with E-state index in [4.69, 9.17) is 4.74 Å². The molecule has 0 bridgehead atoms. The first kappa shape index (κ1) is 13.4. The molecular weight excluding hydrogens is 270 g/mol. The van der Waals surface area contributed by atoms with Gasteiger partial charge in [-0.05, 0) is 32.2 Å². The van der Waals surface area contributed by atoms with Gasteiger partial charge in [0, 0.05) is 17.8 Å². The molecule has 4 nitrogen and oxygen atoms in total. The third-order valence-electron chi connectivity index (χ3n) is 3.13. The largest absolute Gasteiger partial charge is 0.470 e. The van der Waals surface area contributed by atoms with Gasteiger partial charge in [-0.2, -0.15) is 0 Å². The standard InChI is InChI=1S/C15H17N3OS/c1-9(2)17-14-11-8-16-15(20-3)18-13(11)10-6-4-5-7-12(10)19-14/h4-9,14,17H,1-3H3. The van der Waals surface area contributed by atoms with Crippen LogP contribution in [0.3, 0.4) is 0 Å². The van der Waals surface area contributed by atoms with E-state index in [1.54, 1.807) is 11.8 Å². The van der Waals surface area contributed by atoms with Crippen LogP contribution in [0, 0.1) is 0 Å². The van der Waals surface area contributed by atoms with Gasteiger partial charge in [0.2, 0.25) is 0 Å². The number of hydrogen-bond acceptors (Lipinski definition) is 5. The molecule has 5 heteroatoms. The maximum atomic E-state index is 6.04. The molecule has 1 unspecified atom stereocenters. The molecule has 0 radical (unpaired) electrons. The molecule has 0 saturated heterocycles. The average Bonchev–Trinajstić information content (AvgIpc) is 2.46. The number of thioether (sulfide) groups is 1. The number of nitrogens with zero attached hydrogens (tertiary/aromatic N) is 2. The summed E-state index contributed by atoms with van der Waals surface area (Å²) in [6.07, 6.45) is 3.65. The Morgan fingerprint density at radius 1 is 1.30 bits per heavy atom. The van der Waals surface area contributed by atoms with E-state index in [1.807, 2.05) is 36.7 Å². The van der Waals surface area contributed by atoms with Gasteiger partial charge in [0.1, 0.15) is 5.75 Å². The summed E-state index contributed by atoms with van der Waals surface area (Å²) in [5, 5.41) is 4.19. The van der Waals surface area contributed by atoms with Gasteiger partial charge in [-0.3, -0.25) is 5.32 Å². The molecule has 104 valence electrons. The molecule has 1 atom stereocenters. The predicted molar refractivity (Wildman–Crippen MR) is 80.9 cm³/mol. The number of benzene rings is 1. The summed E-state index contributed by atoms with van der Waals surface area (Å²) in [6.45, 7) is 4.20. The van der Waals surface area contributed by atoms with Gasteiger partial charge < -0.3 is 4.74 Å². The van der Waals surface area contributed by atoms with E-state index in [0.717, 1.165) is 27.7 Å². The first-order valence-corrected chi connectivity index (χ1v) is 7.84. The lowest BCUT2D eigenvalue weighted by molar-refractivity contribution is 0.151. The topological polar surface area (TPSA) is 47.0 Å². The molecule has 2 heterocycles. The van der Waals surface area contributed by atoms with Crippen LogP contribution in [0.4, 0.5) is 0 Å². The molecule has 0 aliphatic carbocycles. The molecule has 1 aromatic heterocycles. The molecule has 2 aromatic rings. The molecule has 1 N–H and O–H groups in total. The SMILES string of the molecule is CSc1ncc2c(n1)-c1ccccc1OC2NC(C)C. The van der Waals surface area contributed by atoms with Crippen molar-refractivity contribution in [1.82, 2.24) is 15.3 Å². The highest BCUT2D eigenvalue weighted by Crippen LogP contribution is 2.40. The molecule has 20 heavy (non-hydrogen) atoms. The molecular formula is C15H17N3OS. The van der Waals surface area contributed by atoms with Crippen LogP contribution in [-0.4, -0.2) is 22.3 Å². The monoisotopic (exact) mass is 287 g/mol. The number of para-hydroxylation sites is 1. The molecule has 0 spiro atoms. The molecule has 0 saturated carbocycles. The lowest BCUT2D eigenvalue weighted by Gasteiger charge is -2.29. The maximum absolute atomic E-state index is 6.04. The zero-order chi connectivity index (χ0) is 14.1. The summed E-state index contributed by atoms with van der Waals surface area (Å²) in [5.41, 5.74) is 2.99. The molecule has 3 rings (SSSR count). The normalized spacial score (nSPS) is 16.5. The van der Waals surface area contributed by atoms with Crippen molar-refractivity contribution in [2.24, 2.45) is 0 Å². The van der Waals surface area contributed by atoms with Crippen LogP contribution in [0.25, 0.3) is 11.3 Å². The minimum absolute atomic E-state index is 0.198. The maximum Gasteiger partial charge on any atom is 0.187 e. The third-order valence-corrected chi connectivity index (χ3v) is 3.69. The average molecular weight is 287 g/mol. The summed E-state index contributed by atoms with van der Waals surface area (Å²) in [4.78, 5) is 9.04. The van der Waals surface area contributed by atoms with Crippen molar-refractivity contribution >= 4 is 11.8 Å². The van der Waals surface area contributed by atoms with Gasteiger partial charge >= 0.3 is 0 Å². The number of hydrogen-bond donors (Lipinski definition) is 1. The first-order valence-electron chi connectivity index (χ1n) is 6.62. The third kappa shape index (κ3) is 2.39. The smallest absolute Gasteiger partial charge is 0.187 e. The summed E-state index contributed by atoms with van der Waals surface area (Å²) in [6, 6.07) is 8.32. The van der Waals surface area contributed by atoms with Crippen molar-refractivity contribution in [3.8, 4) is 17.0 Å². The highest BCUT2D eigenvalue weighted by Gasteiger charge is 2.28. The lowest BCUT2D eigenvalue weighted by atomic mass is 10.0. The Hall–Kier alpha value is -1.59. The van der Waals surface area contributed by atoms with Gasteiger partial charge in [0.25, 0.3) is 0 Å². The van der Waals surface area contributed by atoms with Crippen molar-refractivity contribution < 1.29 is 4.74 Å². The van der Waals surface area contributed by atoms with E-state index in [9.17, 15) is 0 Å². The van der Waals surface area contributed by atoms with Crippen LogP contribution in [0.15, 0.2) is 35.6 Å². The van der Waals surface area contributed by atoms with Crippen molar-refractivity contribution in [2.45, 2.75) is 31.3 Å². The van der Waals surface area contributed by atoms with Crippen molar-refractivity contribution in [1.29, 1.82) is 0 Å². The predicted octanol–water partition coefficient (Wildman–Crippen LogP) is 3.25. The van der Waals surface area contributed by atoms with Gasteiger partial charge in [0.15, 0.2) is 11.4 Å². The molecule has 1 aliphatic rings. The van der Waals surface area contributed by atoms with Crippen LogP contribution < -0.4 is 10.1 Å². The Bertz CT molecular complexity index is 630. The summed E-state index contributed by atoms with van der Waals surface area (Å²) < 4.78 is 6.04. The molecule has 1 aromatic carbocycles. The molecule has 0 amide bonds. The van der Waals surface area contributed by atoms with Gasteiger partial charge in [-0.15, -0.1) is 0 Å². The fourth-order valence-electron chi connectivity index (χ4n) is 2.26. The Morgan fingerprint density at radius 3 is 2.85 bits per heavy atom. The Labute approximate surface area is 123 Å². The zero-order valence-electron chi connectivity index (χ0n) is 11.8. The fourth-order valence-corrected chi connectivity index (χ4v) is 2.60. The van der Waals surface area contributed by atoms with Crippen LogP contribution in [-0.2, 0) is 0 Å². The van der Waals surface area contributed by atoms with Crippen molar-refractivity contribution in [3.05, 3.63) is 36.0 Å². The minimum atomic E-state index is -0.198. The van der Waals surface area contributed by atoms with Gasteiger partial charge in [0.05, 0.1) is 11.3 Å². The highest BCUT2D eigenvalue weighted by atomic mass is 32.2. The fraction of sp³-hybridized carbons (Fsp3) is 0.333. The van der Waals surface area contributed by atoms with Crippen molar-refractivity contribution in [3.63, 3.8) is 0 Å². The number of aromatic nitrogens is 2. The summed E-state index contributed by atoms with van der Waals surface area (Å²) >= 11 is 1.55. The van der Waals surface area contributed by atoms with Gasteiger partial charge in [-0.1, -0.05) is 23.9 Å². The highest BCUT2D eigenvalue weighted by molar-refractivity contribution is 7.98. The Kier molecular flexibility index (Phi) is 3.63. The summed E-state index contributed by atoms with van der Waals surface area (Å²) in [7, 11) is 0. The molecule has 1 aliphatic heterocycles. The molecule has 0 fully saturated rings. The van der Waals surface area contributed by atoms with Crippen LogP contribution in [0.2, 0.25) is 0 Å². The lowest BCUT2D eigenvalue weighted by Crippen LogP contribution is -2.34.